The van der Waals surface area contributed by atoms with Crippen LogP contribution in [0.15, 0.2) is 18.2 Å². The van der Waals surface area contributed by atoms with Crippen LogP contribution < -0.4 is 4.74 Å². The lowest BCUT2D eigenvalue weighted by Gasteiger charge is -2.27. The van der Waals surface area contributed by atoms with Crippen molar-refractivity contribution in [3.05, 3.63) is 29.6 Å². The van der Waals surface area contributed by atoms with Gasteiger partial charge in [-0.1, -0.05) is 12.1 Å². The van der Waals surface area contributed by atoms with Crippen LogP contribution in [0.1, 0.15) is 24.8 Å². The molecule has 2 atom stereocenters. The Bertz CT molecular complexity index is 590. The van der Waals surface area contributed by atoms with E-state index < -0.39 is 0 Å². The molecule has 0 unspecified atom stereocenters. The molecule has 0 spiro atoms. The lowest BCUT2D eigenvalue weighted by Crippen LogP contribution is -2.44. The molecule has 3 rings (SSSR count). The standard InChI is InChI=1S/C18H25FN2O3/c1-23-14-10-15(18(22)20-8-3-4-9-20)21(12-14)11-13-6-5-7-16(24-2)17(13)19/h5-7,14-15H,3-4,8-12H2,1-2H3/t14-,15-/m0/s1. The molecule has 0 saturated carbocycles. The largest absolute Gasteiger partial charge is 0.494 e. The second-order valence-corrected chi connectivity index (χ2v) is 6.50. The Hall–Kier alpha value is -1.66. The van der Waals surface area contributed by atoms with Gasteiger partial charge in [-0.3, -0.25) is 9.69 Å². The van der Waals surface area contributed by atoms with Crippen LogP contribution in [0, 0.1) is 5.82 Å². The fourth-order valence-corrected chi connectivity index (χ4v) is 3.67. The van der Waals surface area contributed by atoms with E-state index in [4.69, 9.17) is 9.47 Å². The number of halogens is 1. The summed E-state index contributed by atoms with van der Waals surface area (Å²) in [6, 6.07) is 4.89. The second-order valence-electron chi connectivity index (χ2n) is 6.50. The minimum Gasteiger partial charge on any atom is -0.494 e. The molecule has 132 valence electrons. The summed E-state index contributed by atoms with van der Waals surface area (Å²) in [6.45, 7) is 2.67. The summed E-state index contributed by atoms with van der Waals surface area (Å²) in [5.74, 6) is 0.0287. The first-order valence-corrected chi connectivity index (χ1v) is 8.51. The van der Waals surface area contributed by atoms with E-state index in [1.54, 1.807) is 25.3 Å². The van der Waals surface area contributed by atoms with Crippen LogP contribution in [-0.4, -0.2) is 61.7 Å². The van der Waals surface area contributed by atoms with E-state index in [0.29, 0.717) is 25.1 Å². The summed E-state index contributed by atoms with van der Waals surface area (Å²) in [5, 5.41) is 0. The zero-order chi connectivity index (χ0) is 17.1. The molecule has 0 bridgehead atoms. The Morgan fingerprint density at radius 2 is 2.04 bits per heavy atom. The number of carbonyl (C=O) groups excluding carboxylic acids is 1. The van der Waals surface area contributed by atoms with Gasteiger partial charge in [0.05, 0.1) is 19.3 Å². The number of nitrogens with zero attached hydrogens (tertiary/aromatic N) is 2. The molecular formula is C18H25FN2O3. The van der Waals surface area contributed by atoms with E-state index in [1.165, 1.54) is 7.11 Å². The highest BCUT2D eigenvalue weighted by Gasteiger charge is 2.39. The summed E-state index contributed by atoms with van der Waals surface area (Å²) in [4.78, 5) is 16.8. The van der Waals surface area contributed by atoms with Crippen molar-refractivity contribution in [2.45, 2.75) is 38.0 Å². The van der Waals surface area contributed by atoms with E-state index in [1.807, 2.05) is 9.80 Å². The zero-order valence-electron chi connectivity index (χ0n) is 14.3. The minimum absolute atomic E-state index is 0.00946. The number of hydrogen-bond acceptors (Lipinski definition) is 4. The van der Waals surface area contributed by atoms with Crippen LogP contribution in [0.5, 0.6) is 5.75 Å². The van der Waals surface area contributed by atoms with E-state index in [9.17, 15) is 9.18 Å². The number of carbonyl (C=O) groups is 1. The Labute approximate surface area is 142 Å². The van der Waals surface area contributed by atoms with Crippen LogP contribution in [0.2, 0.25) is 0 Å². The van der Waals surface area contributed by atoms with E-state index in [-0.39, 0.29) is 29.6 Å². The second kappa shape index (κ2) is 7.49. The molecule has 1 aromatic rings. The number of benzene rings is 1. The van der Waals surface area contributed by atoms with Crippen LogP contribution in [0.25, 0.3) is 0 Å². The maximum Gasteiger partial charge on any atom is 0.240 e. The lowest BCUT2D eigenvalue weighted by atomic mass is 10.1. The Kier molecular flexibility index (Phi) is 5.36. The molecule has 1 aromatic carbocycles. The van der Waals surface area contributed by atoms with Gasteiger partial charge >= 0.3 is 0 Å². The number of hydrogen-bond donors (Lipinski definition) is 0. The van der Waals surface area contributed by atoms with Crippen molar-refractivity contribution >= 4 is 5.91 Å². The van der Waals surface area contributed by atoms with Gasteiger partial charge in [-0.15, -0.1) is 0 Å². The molecular weight excluding hydrogens is 311 g/mol. The maximum absolute atomic E-state index is 14.5. The average molecular weight is 336 g/mol. The third-order valence-corrected chi connectivity index (χ3v) is 5.04. The zero-order valence-corrected chi connectivity index (χ0v) is 14.3. The molecule has 0 N–H and O–H groups in total. The Morgan fingerprint density at radius 3 is 2.71 bits per heavy atom. The van der Waals surface area contributed by atoms with Crippen LogP contribution >= 0.6 is 0 Å². The lowest BCUT2D eigenvalue weighted by molar-refractivity contribution is -0.135. The molecule has 2 aliphatic heterocycles. The van der Waals surface area contributed by atoms with Gasteiger partial charge in [0.25, 0.3) is 0 Å². The summed E-state index contributed by atoms with van der Waals surface area (Å²) >= 11 is 0. The molecule has 2 heterocycles. The van der Waals surface area contributed by atoms with Crippen molar-refractivity contribution in [1.29, 1.82) is 0 Å². The third kappa shape index (κ3) is 3.39. The fraction of sp³-hybridized carbons (Fsp3) is 0.611. The van der Waals surface area contributed by atoms with Crippen molar-refractivity contribution in [1.82, 2.24) is 9.80 Å². The molecule has 2 aliphatic rings. The summed E-state index contributed by atoms with van der Waals surface area (Å²) < 4.78 is 25.0. The first kappa shape index (κ1) is 17.2. The molecule has 0 aliphatic carbocycles. The van der Waals surface area contributed by atoms with Crippen molar-refractivity contribution in [2.75, 3.05) is 33.9 Å². The van der Waals surface area contributed by atoms with Gasteiger partial charge in [0.1, 0.15) is 0 Å². The summed E-state index contributed by atoms with van der Waals surface area (Å²) in [6.07, 6.45) is 2.81. The van der Waals surface area contributed by atoms with Gasteiger partial charge in [0, 0.05) is 38.9 Å². The number of likely N-dealkylation sites (tertiary alicyclic amines) is 2. The van der Waals surface area contributed by atoms with E-state index in [2.05, 4.69) is 0 Å². The highest BCUT2D eigenvalue weighted by atomic mass is 19.1. The van der Waals surface area contributed by atoms with Gasteiger partial charge in [0.2, 0.25) is 5.91 Å². The molecule has 0 radical (unpaired) electrons. The third-order valence-electron chi connectivity index (χ3n) is 5.04. The smallest absolute Gasteiger partial charge is 0.240 e. The molecule has 1 amide bonds. The van der Waals surface area contributed by atoms with Crippen LogP contribution in [0.3, 0.4) is 0 Å². The fourth-order valence-electron chi connectivity index (χ4n) is 3.67. The molecule has 24 heavy (non-hydrogen) atoms. The Balaban J connectivity index is 1.77. The molecule has 2 fully saturated rings. The quantitative estimate of drug-likeness (QED) is 0.825. The molecule has 2 saturated heterocycles. The predicted molar refractivity (Wildman–Crippen MR) is 88.4 cm³/mol. The first-order valence-electron chi connectivity index (χ1n) is 8.51. The van der Waals surface area contributed by atoms with Crippen LogP contribution in [0.4, 0.5) is 4.39 Å². The molecule has 5 nitrogen and oxygen atoms in total. The topological polar surface area (TPSA) is 42.0 Å². The summed E-state index contributed by atoms with van der Waals surface area (Å²) in [7, 11) is 3.12. The normalized spacial score (nSPS) is 24.5. The number of ether oxygens (including phenoxy) is 2. The van der Waals surface area contributed by atoms with E-state index >= 15 is 0 Å². The van der Waals surface area contributed by atoms with Gasteiger partial charge in [0.15, 0.2) is 11.6 Å². The number of methoxy groups -OCH3 is 2. The highest BCUT2D eigenvalue weighted by molar-refractivity contribution is 5.82. The Morgan fingerprint density at radius 1 is 1.29 bits per heavy atom. The summed E-state index contributed by atoms with van der Waals surface area (Å²) in [5.41, 5.74) is 0.547. The van der Waals surface area contributed by atoms with E-state index in [0.717, 1.165) is 25.9 Å². The van der Waals surface area contributed by atoms with Gasteiger partial charge in [-0.05, 0) is 25.3 Å². The van der Waals surface area contributed by atoms with Crippen molar-refractivity contribution in [2.24, 2.45) is 0 Å². The predicted octanol–water partition coefficient (Wildman–Crippen LogP) is 2.05. The molecule has 6 heteroatoms. The van der Waals surface area contributed by atoms with Gasteiger partial charge in [-0.2, -0.15) is 0 Å². The number of rotatable bonds is 5. The monoisotopic (exact) mass is 336 g/mol. The minimum atomic E-state index is -0.353. The SMILES string of the molecule is COc1cccc(CN2C[C@@H](OC)C[C@H]2C(=O)N2CCCC2)c1F. The van der Waals surface area contributed by atoms with Crippen molar-refractivity contribution in [3.63, 3.8) is 0 Å². The molecule has 0 aromatic heterocycles. The van der Waals surface area contributed by atoms with Crippen molar-refractivity contribution in [3.8, 4) is 5.75 Å². The highest BCUT2D eigenvalue weighted by Crippen LogP contribution is 2.28. The van der Waals surface area contributed by atoms with Gasteiger partial charge in [-0.25, -0.2) is 4.39 Å². The van der Waals surface area contributed by atoms with Crippen LogP contribution in [-0.2, 0) is 16.1 Å². The number of amides is 1. The van der Waals surface area contributed by atoms with Gasteiger partial charge < -0.3 is 14.4 Å². The average Bonchev–Trinajstić information content (AvgIpc) is 3.26. The van der Waals surface area contributed by atoms with Crippen molar-refractivity contribution < 1.29 is 18.7 Å². The maximum atomic E-state index is 14.5. The first-order chi connectivity index (χ1) is 11.6.